The molecular formula is C59H79N9O5. The van der Waals surface area contributed by atoms with E-state index in [1.165, 1.54) is 23.8 Å². The summed E-state index contributed by atoms with van der Waals surface area (Å²) in [5.41, 5.74) is 9.62. The molecule has 8 atom stereocenters. The van der Waals surface area contributed by atoms with Crippen molar-refractivity contribution in [1.82, 2.24) is 40.4 Å². The minimum absolute atomic E-state index is 0.00920. The number of carbonyl (C=O) groups is 2. The first-order chi connectivity index (χ1) is 35.0. The van der Waals surface area contributed by atoms with E-state index in [4.69, 9.17) is 24.2 Å². The van der Waals surface area contributed by atoms with Gasteiger partial charge in [-0.05, 0) is 95.9 Å². The number of benzene rings is 3. The second-order valence-corrected chi connectivity index (χ2v) is 21.9. The monoisotopic (exact) mass is 994 g/mol. The van der Waals surface area contributed by atoms with Crippen molar-refractivity contribution in [3.63, 3.8) is 0 Å². The highest BCUT2D eigenvalue weighted by molar-refractivity contribution is 5.83. The summed E-state index contributed by atoms with van der Waals surface area (Å²) in [4.78, 5) is 50.1. The standard InChI is InChI=1S/C59H79N9O5/c1-14-45-52(41-23-19-39(20-24-41)46-33-60-55(63-46)48-17-15-31-66(48)37(6)50(35(2)3)65-58(70)73-13)68(44-29-27-43(28-30-44)59(8,9)10)53(54(45)72-12)42-25-21-40(22-26-42)47-34-61-56(64-47)49-18-16-32-67(49)57(69)51(36(4)5)62-38(7)71-11/h19-30,33-36,45,48-54,62H,6-7,14-18,31-32H2,1-5,8-13H3,(H,60,63)(H,61,64)(H,65,70)/t45-,48+,49+,50+,51+,52+,53+,54+/m1/s1. The maximum atomic E-state index is 14.0. The second kappa shape index (κ2) is 22.3. The number of amides is 2. The fourth-order valence-electron chi connectivity index (χ4n) is 11.6. The number of rotatable bonds is 18. The molecule has 0 radical (unpaired) electrons. The van der Waals surface area contributed by atoms with Gasteiger partial charge in [-0.15, -0.1) is 0 Å². The summed E-state index contributed by atoms with van der Waals surface area (Å²) in [6.07, 6.45) is 7.85. The number of imidazole rings is 2. The highest BCUT2D eigenvalue weighted by atomic mass is 16.5. The van der Waals surface area contributed by atoms with Gasteiger partial charge in [0.05, 0.1) is 74.3 Å². The lowest BCUT2D eigenvalue weighted by Gasteiger charge is -2.35. The number of methoxy groups -OCH3 is 3. The van der Waals surface area contributed by atoms with Crippen molar-refractivity contribution >= 4 is 17.7 Å². The van der Waals surface area contributed by atoms with Gasteiger partial charge in [-0.25, -0.2) is 14.8 Å². The van der Waals surface area contributed by atoms with E-state index in [0.29, 0.717) is 12.4 Å². The first kappa shape index (κ1) is 52.8. The zero-order valence-electron chi connectivity index (χ0n) is 45.0. The molecule has 3 aromatic carbocycles. The number of nitrogens with one attached hydrogen (secondary N) is 4. The van der Waals surface area contributed by atoms with Crippen molar-refractivity contribution in [2.75, 3.05) is 39.3 Å². The van der Waals surface area contributed by atoms with Crippen LogP contribution < -0.4 is 15.5 Å². The van der Waals surface area contributed by atoms with E-state index < -0.39 is 12.1 Å². The Labute approximate surface area is 433 Å². The number of aromatic nitrogens is 4. The SMILES string of the molecule is C=C(N[C@H](C(=O)N1CCC[C@H]1c1ncc(-c2ccc([C@H]3[C@@H](OC)[C@H](CC)[C@H](c4ccc(-c5cnc([C@@H]6CCCN6C(=C)[C@@H](NC(=O)OC)C(C)C)[nH]5)cc4)N3c3ccc(C(C)(C)C)cc3)cc2)[nH]1)C(C)C)OC. The predicted octanol–water partition coefficient (Wildman–Crippen LogP) is 11.5. The van der Waals surface area contributed by atoms with Gasteiger partial charge in [0.15, 0.2) is 5.88 Å². The topological polar surface area (TPSA) is 153 Å². The van der Waals surface area contributed by atoms with Crippen LogP contribution in [0.5, 0.6) is 0 Å². The maximum absolute atomic E-state index is 14.0. The molecule has 3 fully saturated rings. The van der Waals surface area contributed by atoms with Gasteiger partial charge in [0.1, 0.15) is 17.7 Å². The Hall–Kier alpha value is -6.54. The van der Waals surface area contributed by atoms with Crippen molar-refractivity contribution in [1.29, 1.82) is 0 Å². The lowest BCUT2D eigenvalue weighted by molar-refractivity contribution is -0.135. The zero-order chi connectivity index (χ0) is 52.3. The Morgan fingerprint density at radius 1 is 0.712 bits per heavy atom. The molecule has 2 amide bonds. The van der Waals surface area contributed by atoms with Crippen molar-refractivity contribution in [3.8, 4) is 22.5 Å². The minimum Gasteiger partial charge on any atom is -0.483 e. The maximum Gasteiger partial charge on any atom is 0.407 e. The Morgan fingerprint density at radius 3 is 1.71 bits per heavy atom. The van der Waals surface area contributed by atoms with Gasteiger partial charge in [0, 0.05) is 37.5 Å². The van der Waals surface area contributed by atoms with Gasteiger partial charge in [0.2, 0.25) is 5.91 Å². The molecule has 0 saturated carbocycles. The highest BCUT2D eigenvalue weighted by Crippen LogP contribution is 2.53. The molecule has 0 unspecified atom stereocenters. The molecule has 3 aliphatic heterocycles. The molecule has 14 heteroatoms. The Morgan fingerprint density at radius 2 is 1.23 bits per heavy atom. The second-order valence-electron chi connectivity index (χ2n) is 21.9. The Kier molecular flexibility index (Phi) is 16.1. The average molecular weight is 994 g/mol. The molecule has 3 saturated heterocycles. The van der Waals surface area contributed by atoms with Crippen LogP contribution in [0, 0.1) is 17.8 Å². The van der Waals surface area contributed by atoms with Crippen molar-refractivity contribution in [2.45, 2.75) is 135 Å². The number of alkyl carbamates (subject to hydrolysis) is 1. The smallest absolute Gasteiger partial charge is 0.407 e. The highest BCUT2D eigenvalue weighted by Gasteiger charge is 2.50. The first-order valence-corrected chi connectivity index (χ1v) is 26.3. The van der Waals surface area contributed by atoms with Crippen LogP contribution in [0.4, 0.5) is 10.5 Å². The lowest BCUT2D eigenvalue weighted by Crippen LogP contribution is -2.48. The third-order valence-corrected chi connectivity index (χ3v) is 15.6. The van der Waals surface area contributed by atoms with E-state index in [1.54, 1.807) is 7.11 Å². The van der Waals surface area contributed by atoms with Gasteiger partial charge in [0.25, 0.3) is 0 Å². The van der Waals surface area contributed by atoms with Crippen molar-refractivity contribution < 1.29 is 23.8 Å². The number of anilines is 1. The molecule has 0 aliphatic carbocycles. The average Bonchev–Trinajstić information content (AvgIpc) is 4.26. The number of hydrogen-bond donors (Lipinski definition) is 4. The number of H-pyrrole nitrogens is 2. The number of likely N-dealkylation sites (tertiary alicyclic amines) is 2. The molecule has 0 spiro atoms. The fourth-order valence-corrected chi connectivity index (χ4v) is 11.6. The fraction of sp³-hybridized carbons (Fsp3) is 0.492. The molecule has 3 aliphatic rings. The molecular weight excluding hydrogens is 915 g/mol. The van der Waals surface area contributed by atoms with E-state index in [2.05, 4.69) is 158 Å². The van der Waals surface area contributed by atoms with Crippen LogP contribution in [0.2, 0.25) is 0 Å². The number of aromatic amines is 2. The van der Waals surface area contributed by atoms with Crippen LogP contribution in [0.1, 0.15) is 140 Å². The largest absolute Gasteiger partial charge is 0.483 e. The summed E-state index contributed by atoms with van der Waals surface area (Å²) >= 11 is 0. The van der Waals surface area contributed by atoms with Crippen LogP contribution >= 0.6 is 0 Å². The van der Waals surface area contributed by atoms with Crippen LogP contribution in [0.15, 0.2) is 110 Å². The number of hydrogen-bond acceptors (Lipinski definition) is 10. The lowest BCUT2D eigenvalue weighted by atomic mass is 9.86. The van der Waals surface area contributed by atoms with Crippen LogP contribution in [-0.4, -0.2) is 94.3 Å². The molecule has 8 rings (SSSR count). The number of ether oxygens (including phenoxy) is 3. The van der Waals surface area contributed by atoms with Crippen LogP contribution in [-0.2, 0) is 24.4 Å². The first-order valence-electron chi connectivity index (χ1n) is 26.3. The quantitative estimate of drug-likeness (QED) is 0.0624. The summed E-state index contributed by atoms with van der Waals surface area (Å²) < 4.78 is 16.8. The van der Waals surface area contributed by atoms with Crippen LogP contribution in [0.25, 0.3) is 22.5 Å². The van der Waals surface area contributed by atoms with Gasteiger partial charge in [-0.2, -0.15) is 0 Å². The van der Waals surface area contributed by atoms with Gasteiger partial charge in [-0.3, -0.25) is 4.79 Å². The van der Waals surface area contributed by atoms with Gasteiger partial charge < -0.3 is 49.5 Å². The normalized spacial score (nSPS) is 22.0. The summed E-state index contributed by atoms with van der Waals surface area (Å²) in [6, 6.07) is 26.0. The minimum atomic E-state index is -0.463. The summed E-state index contributed by atoms with van der Waals surface area (Å²) in [7, 11) is 4.79. The summed E-state index contributed by atoms with van der Waals surface area (Å²) in [6.45, 7) is 27.1. The molecule has 14 nitrogen and oxygen atoms in total. The molecule has 2 aromatic heterocycles. The molecule has 390 valence electrons. The summed E-state index contributed by atoms with van der Waals surface area (Å²) in [5, 5.41) is 6.17. The van der Waals surface area contributed by atoms with Gasteiger partial charge >= 0.3 is 6.09 Å². The van der Waals surface area contributed by atoms with E-state index >= 15 is 0 Å². The van der Waals surface area contributed by atoms with Crippen molar-refractivity contribution in [3.05, 3.63) is 138 Å². The third-order valence-electron chi connectivity index (χ3n) is 15.6. The molecule has 5 aromatic rings. The van der Waals surface area contributed by atoms with Crippen molar-refractivity contribution in [2.24, 2.45) is 17.8 Å². The van der Waals surface area contributed by atoms with Gasteiger partial charge in [-0.1, -0.05) is 123 Å². The van der Waals surface area contributed by atoms with Crippen LogP contribution in [0.3, 0.4) is 0 Å². The number of carbonyl (C=O) groups excluding carboxylic acids is 2. The molecule has 5 heterocycles. The Balaban J connectivity index is 1.07. The van der Waals surface area contributed by atoms with E-state index in [-0.39, 0.29) is 65.4 Å². The molecule has 0 bridgehead atoms. The van der Waals surface area contributed by atoms with E-state index in [1.807, 2.05) is 38.3 Å². The van der Waals surface area contributed by atoms with E-state index in [0.717, 1.165) is 84.2 Å². The Bertz CT molecular complexity index is 2530. The molecule has 73 heavy (non-hydrogen) atoms. The zero-order valence-corrected chi connectivity index (χ0v) is 45.0. The number of nitrogens with zero attached hydrogens (tertiary/aromatic N) is 5. The predicted molar refractivity (Wildman–Crippen MR) is 289 cm³/mol. The summed E-state index contributed by atoms with van der Waals surface area (Å²) in [5.74, 6) is 2.43. The third kappa shape index (κ3) is 10.9. The molecule has 4 N–H and O–H groups in total. The van der Waals surface area contributed by atoms with E-state index in [9.17, 15) is 9.59 Å².